The summed E-state index contributed by atoms with van der Waals surface area (Å²) in [7, 11) is 0. The lowest BCUT2D eigenvalue weighted by molar-refractivity contribution is 0.299. The highest BCUT2D eigenvalue weighted by atomic mass is 16.5. The standard InChI is InChI=1S/C16H26N2O/c1-2-3-4-5-6-11-19-16-13-17-10-9-14(16)12-18-15-7-8-15/h9-10,13,15,18H,2-8,11-12H2,1H3. The zero-order valence-corrected chi connectivity index (χ0v) is 12.0. The molecule has 1 heterocycles. The number of pyridine rings is 1. The van der Waals surface area contributed by atoms with Gasteiger partial charge in [-0.25, -0.2) is 0 Å². The molecular weight excluding hydrogens is 236 g/mol. The van der Waals surface area contributed by atoms with Crippen molar-refractivity contribution in [3.05, 3.63) is 24.0 Å². The van der Waals surface area contributed by atoms with Crippen LogP contribution in [0.5, 0.6) is 5.75 Å². The summed E-state index contributed by atoms with van der Waals surface area (Å²) in [6.45, 7) is 3.95. The maximum absolute atomic E-state index is 5.87. The van der Waals surface area contributed by atoms with Gasteiger partial charge in [-0.2, -0.15) is 0 Å². The first-order valence-corrected chi connectivity index (χ1v) is 7.69. The van der Waals surface area contributed by atoms with Crippen molar-refractivity contribution in [2.24, 2.45) is 0 Å². The molecule has 106 valence electrons. The lowest BCUT2D eigenvalue weighted by atomic mass is 10.2. The third-order valence-corrected chi connectivity index (χ3v) is 3.53. The van der Waals surface area contributed by atoms with Gasteiger partial charge in [0.2, 0.25) is 0 Å². The Balaban J connectivity index is 1.68. The van der Waals surface area contributed by atoms with E-state index in [1.807, 2.05) is 12.4 Å². The van der Waals surface area contributed by atoms with Gasteiger partial charge in [-0.05, 0) is 25.3 Å². The van der Waals surface area contributed by atoms with E-state index >= 15 is 0 Å². The zero-order valence-electron chi connectivity index (χ0n) is 12.0. The van der Waals surface area contributed by atoms with Crippen LogP contribution in [0.1, 0.15) is 57.4 Å². The molecule has 3 nitrogen and oxygen atoms in total. The molecule has 19 heavy (non-hydrogen) atoms. The van der Waals surface area contributed by atoms with Gasteiger partial charge in [0.25, 0.3) is 0 Å². The molecule has 0 unspecified atom stereocenters. The van der Waals surface area contributed by atoms with Crippen molar-refractivity contribution in [1.82, 2.24) is 10.3 Å². The van der Waals surface area contributed by atoms with E-state index in [2.05, 4.69) is 23.3 Å². The monoisotopic (exact) mass is 262 g/mol. The summed E-state index contributed by atoms with van der Waals surface area (Å²) < 4.78 is 5.87. The van der Waals surface area contributed by atoms with Crippen LogP contribution in [-0.4, -0.2) is 17.6 Å². The number of unbranched alkanes of at least 4 members (excludes halogenated alkanes) is 4. The van der Waals surface area contributed by atoms with Crippen LogP contribution in [0.3, 0.4) is 0 Å². The Labute approximate surface area is 116 Å². The Hall–Kier alpha value is -1.09. The fourth-order valence-corrected chi connectivity index (χ4v) is 2.11. The van der Waals surface area contributed by atoms with Crippen LogP contribution < -0.4 is 10.1 Å². The minimum atomic E-state index is 0.732. The molecule has 1 aliphatic rings. The van der Waals surface area contributed by atoms with E-state index in [1.54, 1.807) is 0 Å². The van der Waals surface area contributed by atoms with E-state index in [-0.39, 0.29) is 0 Å². The third kappa shape index (κ3) is 5.60. The van der Waals surface area contributed by atoms with Crippen LogP contribution in [0.4, 0.5) is 0 Å². The average Bonchev–Trinajstić information content (AvgIpc) is 3.25. The first-order chi connectivity index (χ1) is 9.40. The smallest absolute Gasteiger partial charge is 0.142 e. The second kappa shape index (κ2) is 8.16. The highest BCUT2D eigenvalue weighted by molar-refractivity contribution is 5.29. The first-order valence-electron chi connectivity index (χ1n) is 7.69. The van der Waals surface area contributed by atoms with Crippen molar-refractivity contribution in [1.29, 1.82) is 0 Å². The summed E-state index contributed by atoms with van der Waals surface area (Å²) >= 11 is 0. The lowest BCUT2D eigenvalue weighted by Gasteiger charge is -2.11. The second-order valence-corrected chi connectivity index (χ2v) is 5.40. The van der Waals surface area contributed by atoms with Gasteiger partial charge in [-0.15, -0.1) is 0 Å². The Morgan fingerprint density at radius 2 is 2.11 bits per heavy atom. The van der Waals surface area contributed by atoms with Crippen LogP contribution in [0, 0.1) is 0 Å². The molecule has 1 aromatic heterocycles. The van der Waals surface area contributed by atoms with Gasteiger partial charge in [0.15, 0.2) is 0 Å². The van der Waals surface area contributed by atoms with E-state index in [1.165, 1.54) is 44.1 Å². The van der Waals surface area contributed by atoms with Gasteiger partial charge in [-0.3, -0.25) is 4.98 Å². The van der Waals surface area contributed by atoms with Gasteiger partial charge in [0, 0.05) is 24.3 Å². The summed E-state index contributed by atoms with van der Waals surface area (Å²) in [6.07, 6.45) is 12.7. The van der Waals surface area contributed by atoms with Crippen molar-refractivity contribution in [2.75, 3.05) is 6.61 Å². The molecule has 0 spiro atoms. The van der Waals surface area contributed by atoms with Crippen molar-refractivity contribution in [2.45, 2.75) is 64.5 Å². The molecule has 1 fully saturated rings. The molecule has 3 heteroatoms. The Morgan fingerprint density at radius 3 is 2.89 bits per heavy atom. The SMILES string of the molecule is CCCCCCCOc1cnccc1CNC1CC1. The molecule has 0 amide bonds. The molecule has 1 N–H and O–H groups in total. The average molecular weight is 262 g/mol. The predicted octanol–water partition coefficient (Wildman–Crippen LogP) is 3.68. The Morgan fingerprint density at radius 1 is 1.26 bits per heavy atom. The highest BCUT2D eigenvalue weighted by Gasteiger charge is 2.20. The molecule has 1 aromatic rings. The van der Waals surface area contributed by atoms with Gasteiger partial charge < -0.3 is 10.1 Å². The number of nitrogens with zero attached hydrogens (tertiary/aromatic N) is 1. The third-order valence-electron chi connectivity index (χ3n) is 3.53. The molecule has 0 bridgehead atoms. The topological polar surface area (TPSA) is 34.1 Å². The summed E-state index contributed by atoms with van der Waals surface area (Å²) in [5, 5.41) is 3.52. The van der Waals surface area contributed by atoms with Gasteiger partial charge in [-0.1, -0.05) is 32.6 Å². The molecule has 0 atom stereocenters. The number of hydrogen-bond acceptors (Lipinski definition) is 3. The largest absolute Gasteiger partial charge is 0.492 e. The van der Waals surface area contributed by atoms with Gasteiger partial charge in [0.05, 0.1) is 12.8 Å². The minimum absolute atomic E-state index is 0.732. The molecule has 0 aliphatic heterocycles. The maximum atomic E-state index is 5.87. The quantitative estimate of drug-likeness (QED) is 0.653. The van der Waals surface area contributed by atoms with Crippen LogP contribution in [0.2, 0.25) is 0 Å². The summed E-state index contributed by atoms with van der Waals surface area (Å²) in [5.41, 5.74) is 1.23. The summed E-state index contributed by atoms with van der Waals surface area (Å²) in [5.74, 6) is 0.950. The predicted molar refractivity (Wildman–Crippen MR) is 78.4 cm³/mol. The van der Waals surface area contributed by atoms with E-state index in [4.69, 9.17) is 4.74 Å². The van der Waals surface area contributed by atoms with E-state index in [0.29, 0.717) is 0 Å². The van der Waals surface area contributed by atoms with E-state index in [9.17, 15) is 0 Å². The fraction of sp³-hybridized carbons (Fsp3) is 0.688. The summed E-state index contributed by atoms with van der Waals surface area (Å²) in [4.78, 5) is 4.16. The second-order valence-electron chi connectivity index (χ2n) is 5.40. The molecule has 0 radical (unpaired) electrons. The van der Waals surface area contributed by atoms with Crippen molar-refractivity contribution < 1.29 is 4.74 Å². The van der Waals surface area contributed by atoms with Gasteiger partial charge >= 0.3 is 0 Å². The van der Waals surface area contributed by atoms with Crippen molar-refractivity contribution in [3.63, 3.8) is 0 Å². The zero-order chi connectivity index (χ0) is 13.3. The van der Waals surface area contributed by atoms with Crippen molar-refractivity contribution >= 4 is 0 Å². The first kappa shape index (κ1) is 14.3. The molecule has 0 saturated heterocycles. The molecule has 0 aromatic carbocycles. The van der Waals surface area contributed by atoms with Crippen LogP contribution in [0.25, 0.3) is 0 Å². The molecule has 2 rings (SSSR count). The Kier molecular flexibility index (Phi) is 6.15. The molecular formula is C16H26N2O. The summed E-state index contributed by atoms with van der Waals surface area (Å²) in [6, 6.07) is 2.79. The van der Waals surface area contributed by atoms with E-state index < -0.39 is 0 Å². The lowest BCUT2D eigenvalue weighted by Crippen LogP contribution is -2.16. The number of rotatable bonds is 10. The molecule has 1 aliphatic carbocycles. The van der Waals surface area contributed by atoms with Gasteiger partial charge in [0.1, 0.15) is 5.75 Å². The van der Waals surface area contributed by atoms with Crippen LogP contribution in [-0.2, 0) is 6.54 Å². The van der Waals surface area contributed by atoms with E-state index in [0.717, 1.165) is 31.4 Å². The van der Waals surface area contributed by atoms with Crippen LogP contribution >= 0.6 is 0 Å². The minimum Gasteiger partial charge on any atom is -0.492 e. The maximum Gasteiger partial charge on any atom is 0.142 e. The highest BCUT2D eigenvalue weighted by Crippen LogP contribution is 2.22. The van der Waals surface area contributed by atoms with Crippen LogP contribution in [0.15, 0.2) is 18.5 Å². The number of hydrogen-bond donors (Lipinski definition) is 1. The normalized spacial score (nSPS) is 14.6. The van der Waals surface area contributed by atoms with Crippen molar-refractivity contribution in [3.8, 4) is 5.75 Å². The molecule has 1 saturated carbocycles. The fourth-order valence-electron chi connectivity index (χ4n) is 2.11. The number of aromatic nitrogens is 1. The number of nitrogens with one attached hydrogen (secondary N) is 1. The number of ether oxygens (including phenoxy) is 1. The Bertz CT molecular complexity index is 364.